The largest absolute Gasteiger partial charge is 0.474 e. The van der Waals surface area contributed by atoms with E-state index in [2.05, 4.69) is 9.97 Å². The highest BCUT2D eigenvalue weighted by molar-refractivity contribution is 7.98. The first-order chi connectivity index (χ1) is 18.0. The third-order valence-electron chi connectivity index (χ3n) is 6.61. The van der Waals surface area contributed by atoms with Gasteiger partial charge in [-0.3, -0.25) is 4.79 Å². The van der Waals surface area contributed by atoms with E-state index in [-0.39, 0.29) is 24.4 Å². The van der Waals surface area contributed by atoms with Gasteiger partial charge in [-0.05, 0) is 60.6 Å². The maximum atomic E-state index is 14.1. The molecule has 0 bridgehead atoms. The number of anilines is 2. The zero-order chi connectivity index (χ0) is 25.5. The Labute approximate surface area is 217 Å². The topological polar surface area (TPSA) is 90.6 Å². The van der Waals surface area contributed by atoms with Gasteiger partial charge in [0.2, 0.25) is 5.88 Å². The number of hydrogen-bond acceptors (Lipinski definition) is 7. The number of rotatable bonds is 7. The van der Waals surface area contributed by atoms with Crippen LogP contribution in [0, 0.1) is 5.82 Å². The molecule has 7 nitrogen and oxygen atoms in total. The summed E-state index contributed by atoms with van der Waals surface area (Å²) in [6, 6.07) is 13.8. The van der Waals surface area contributed by atoms with Crippen LogP contribution in [0.2, 0.25) is 0 Å². The van der Waals surface area contributed by atoms with Gasteiger partial charge in [-0.1, -0.05) is 12.1 Å². The van der Waals surface area contributed by atoms with E-state index in [1.165, 1.54) is 30.1 Å². The first-order valence-corrected chi connectivity index (χ1v) is 13.3. The molecule has 37 heavy (non-hydrogen) atoms. The van der Waals surface area contributed by atoms with Crippen molar-refractivity contribution in [1.29, 1.82) is 0 Å². The molecule has 2 aromatic carbocycles. The standard InChI is InChI=1S/C28H25FN4O3S/c1-37-25-11-18(29)4-8-24(25)33(28(34)17-3-9-26(31-12-17)36-19-5-6-19)13-16-2-7-20-21-14-35-15-22(21)27(30)32-23(20)10-16/h2-4,7-12,19H,5-6,13-15H2,1H3,(H2,30,32). The molecular formula is C28H25FN4O3S. The predicted molar refractivity (Wildman–Crippen MR) is 141 cm³/mol. The van der Waals surface area contributed by atoms with Crippen molar-refractivity contribution < 1.29 is 18.7 Å². The molecule has 1 aliphatic heterocycles. The van der Waals surface area contributed by atoms with E-state index in [0.29, 0.717) is 41.1 Å². The number of nitrogen functional groups attached to an aromatic ring is 1. The monoisotopic (exact) mass is 516 g/mol. The highest BCUT2D eigenvalue weighted by Gasteiger charge is 2.26. The summed E-state index contributed by atoms with van der Waals surface area (Å²) in [4.78, 5) is 25.0. The Balaban J connectivity index is 1.37. The predicted octanol–water partition coefficient (Wildman–Crippen LogP) is 5.49. The van der Waals surface area contributed by atoms with Gasteiger partial charge >= 0.3 is 0 Å². The van der Waals surface area contributed by atoms with E-state index in [1.807, 2.05) is 24.5 Å². The molecule has 0 spiro atoms. The molecule has 2 aliphatic rings. The number of ether oxygens (including phenoxy) is 2. The van der Waals surface area contributed by atoms with Gasteiger partial charge in [0.05, 0.1) is 36.5 Å². The van der Waals surface area contributed by atoms with Crippen molar-refractivity contribution in [2.24, 2.45) is 0 Å². The molecule has 1 saturated carbocycles. The number of amides is 1. The van der Waals surface area contributed by atoms with Gasteiger partial charge in [0, 0.05) is 28.1 Å². The Morgan fingerprint density at radius 3 is 2.76 bits per heavy atom. The van der Waals surface area contributed by atoms with Gasteiger partial charge < -0.3 is 20.1 Å². The molecular weight excluding hydrogens is 491 g/mol. The average molecular weight is 517 g/mol. The highest BCUT2D eigenvalue weighted by Crippen LogP contribution is 2.34. The Morgan fingerprint density at radius 2 is 2.00 bits per heavy atom. The lowest BCUT2D eigenvalue weighted by Gasteiger charge is -2.25. The van der Waals surface area contributed by atoms with Crippen molar-refractivity contribution >= 4 is 40.1 Å². The minimum Gasteiger partial charge on any atom is -0.474 e. The minimum atomic E-state index is -0.356. The van der Waals surface area contributed by atoms with Gasteiger partial charge in [-0.2, -0.15) is 0 Å². The van der Waals surface area contributed by atoms with Gasteiger partial charge in [-0.25, -0.2) is 14.4 Å². The molecule has 1 aliphatic carbocycles. The zero-order valence-electron chi connectivity index (χ0n) is 20.2. The molecule has 4 aromatic rings. The molecule has 0 saturated heterocycles. The number of hydrogen-bond donors (Lipinski definition) is 1. The Hall–Kier alpha value is -3.69. The lowest BCUT2D eigenvalue weighted by atomic mass is 10.0. The van der Waals surface area contributed by atoms with Gasteiger partial charge in [-0.15, -0.1) is 11.8 Å². The number of nitrogens with two attached hydrogens (primary N) is 1. The van der Waals surface area contributed by atoms with Crippen molar-refractivity contribution in [3.63, 3.8) is 0 Å². The third kappa shape index (κ3) is 4.72. The lowest BCUT2D eigenvalue weighted by molar-refractivity contribution is 0.0984. The van der Waals surface area contributed by atoms with Crippen molar-refractivity contribution in [3.8, 4) is 5.88 Å². The second kappa shape index (κ2) is 9.64. The smallest absolute Gasteiger partial charge is 0.260 e. The van der Waals surface area contributed by atoms with Crippen LogP contribution in [0.1, 0.15) is 39.9 Å². The number of carbonyl (C=O) groups is 1. The van der Waals surface area contributed by atoms with E-state index in [1.54, 1.807) is 23.1 Å². The quantitative estimate of drug-likeness (QED) is 0.325. The fourth-order valence-corrected chi connectivity index (χ4v) is 5.15. The molecule has 9 heteroatoms. The number of pyridine rings is 2. The minimum absolute atomic E-state index is 0.220. The summed E-state index contributed by atoms with van der Waals surface area (Å²) in [5.41, 5.74) is 10.8. The van der Waals surface area contributed by atoms with Crippen LogP contribution in [0.4, 0.5) is 15.9 Å². The average Bonchev–Trinajstić information content (AvgIpc) is 3.58. The Kier molecular flexibility index (Phi) is 6.18. The fourth-order valence-electron chi connectivity index (χ4n) is 4.53. The number of thioether (sulfide) groups is 1. The van der Waals surface area contributed by atoms with Crippen LogP contribution in [-0.2, 0) is 24.5 Å². The second-order valence-electron chi connectivity index (χ2n) is 9.21. The van der Waals surface area contributed by atoms with Crippen molar-refractivity contribution in [2.75, 3.05) is 16.9 Å². The molecule has 1 amide bonds. The van der Waals surface area contributed by atoms with E-state index < -0.39 is 0 Å². The lowest BCUT2D eigenvalue weighted by Crippen LogP contribution is -2.31. The molecule has 0 radical (unpaired) electrons. The third-order valence-corrected chi connectivity index (χ3v) is 7.37. The summed E-state index contributed by atoms with van der Waals surface area (Å²) in [7, 11) is 0. The molecule has 3 heterocycles. The van der Waals surface area contributed by atoms with E-state index in [9.17, 15) is 9.18 Å². The number of halogens is 1. The van der Waals surface area contributed by atoms with Gasteiger partial charge in [0.25, 0.3) is 5.91 Å². The molecule has 0 unspecified atom stereocenters. The SMILES string of the molecule is CSc1cc(F)ccc1N(Cc1ccc2c3c(c(N)nc2c1)COC3)C(=O)c1ccc(OC2CC2)nc1. The second-order valence-corrected chi connectivity index (χ2v) is 10.1. The number of nitrogens with zero attached hydrogens (tertiary/aromatic N) is 3. The first-order valence-electron chi connectivity index (χ1n) is 12.1. The number of carbonyl (C=O) groups excluding carboxylic acids is 1. The molecule has 188 valence electrons. The first kappa shape index (κ1) is 23.7. The van der Waals surface area contributed by atoms with Crippen LogP contribution in [0.25, 0.3) is 10.9 Å². The van der Waals surface area contributed by atoms with Crippen LogP contribution < -0.4 is 15.4 Å². The van der Waals surface area contributed by atoms with Crippen LogP contribution in [0.3, 0.4) is 0 Å². The summed E-state index contributed by atoms with van der Waals surface area (Å²) in [6.07, 6.45) is 5.66. The van der Waals surface area contributed by atoms with Crippen molar-refractivity contribution in [3.05, 3.63) is 82.8 Å². The fraction of sp³-hybridized carbons (Fsp3) is 0.250. The summed E-state index contributed by atoms with van der Waals surface area (Å²) in [6.45, 7) is 1.22. The molecule has 1 fully saturated rings. The normalized spacial score (nSPS) is 14.5. The summed E-state index contributed by atoms with van der Waals surface area (Å²) >= 11 is 1.38. The number of benzene rings is 2. The van der Waals surface area contributed by atoms with Crippen LogP contribution in [0.15, 0.2) is 59.6 Å². The van der Waals surface area contributed by atoms with Gasteiger partial charge in [0.15, 0.2) is 0 Å². The molecule has 6 rings (SSSR count). The summed E-state index contributed by atoms with van der Waals surface area (Å²) in [5.74, 6) is 0.368. The maximum Gasteiger partial charge on any atom is 0.260 e. The van der Waals surface area contributed by atoms with Crippen molar-refractivity contribution in [1.82, 2.24) is 9.97 Å². The Morgan fingerprint density at radius 1 is 1.16 bits per heavy atom. The maximum absolute atomic E-state index is 14.1. The van der Waals surface area contributed by atoms with Crippen LogP contribution in [0.5, 0.6) is 5.88 Å². The number of aromatic nitrogens is 2. The highest BCUT2D eigenvalue weighted by atomic mass is 32.2. The Bertz CT molecular complexity index is 1510. The molecule has 2 N–H and O–H groups in total. The van der Waals surface area contributed by atoms with Crippen LogP contribution >= 0.6 is 11.8 Å². The van der Waals surface area contributed by atoms with E-state index in [4.69, 9.17) is 15.2 Å². The van der Waals surface area contributed by atoms with Crippen molar-refractivity contribution in [2.45, 2.75) is 43.6 Å². The van der Waals surface area contributed by atoms with E-state index >= 15 is 0 Å². The van der Waals surface area contributed by atoms with Crippen LogP contribution in [-0.4, -0.2) is 28.2 Å². The summed E-state index contributed by atoms with van der Waals surface area (Å²) in [5, 5.41) is 0.991. The van der Waals surface area contributed by atoms with Gasteiger partial charge in [0.1, 0.15) is 17.7 Å². The number of fused-ring (bicyclic) bond motifs is 3. The molecule has 0 atom stereocenters. The molecule has 2 aromatic heterocycles. The van der Waals surface area contributed by atoms with E-state index in [0.717, 1.165) is 40.4 Å². The zero-order valence-corrected chi connectivity index (χ0v) is 21.1. The summed E-state index contributed by atoms with van der Waals surface area (Å²) < 4.78 is 25.4.